The second-order valence-corrected chi connectivity index (χ2v) is 8.85. The van der Waals surface area contributed by atoms with Crippen molar-refractivity contribution in [1.82, 2.24) is 0 Å². The summed E-state index contributed by atoms with van der Waals surface area (Å²) in [6.07, 6.45) is 7.02. The first-order valence-electron chi connectivity index (χ1n) is 7.91. The Balaban J connectivity index is 2.20. The van der Waals surface area contributed by atoms with Gasteiger partial charge >= 0.3 is 0 Å². The number of fused-ring (bicyclic) bond motifs is 2. The Morgan fingerprint density at radius 3 is 2.22 bits per heavy atom. The Hall–Kier alpha value is -1.87. The normalized spacial score (nSPS) is 20.1. The van der Waals surface area contributed by atoms with Crippen molar-refractivity contribution in [2.75, 3.05) is 0 Å². The molecule has 4 aromatic carbocycles. The number of rotatable bonds is 0. The molecule has 0 aromatic heterocycles. The van der Waals surface area contributed by atoms with Crippen molar-refractivity contribution < 1.29 is 0 Å². The summed E-state index contributed by atoms with van der Waals surface area (Å²) in [4.78, 5) is 0. The molecule has 0 amide bonds. The standard InChI is InChI=1S/C22H15I/c1-22(23)12-11-19-18-9-3-6-14-5-2-8-16(20(14)18)17-10-4-7-15(13-22)21(17)19/h2-13H,1H3. The molecule has 0 bridgehead atoms. The molecule has 0 saturated heterocycles. The van der Waals surface area contributed by atoms with Gasteiger partial charge in [-0.3, -0.25) is 0 Å². The molecule has 0 radical (unpaired) electrons. The average Bonchev–Trinajstić information content (AvgIpc) is 2.68. The summed E-state index contributed by atoms with van der Waals surface area (Å²) in [6.45, 7) is 2.26. The number of hydrogen-bond donors (Lipinski definition) is 0. The Bertz CT molecular complexity index is 1170. The molecular formula is C22H15I. The SMILES string of the molecule is CC1(I)C=Cc2c3cccc4cccc(c5cccc(c25)=C1)c43. The summed E-state index contributed by atoms with van der Waals surface area (Å²) in [6, 6.07) is 20.0. The summed E-state index contributed by atoms with van der Waals surface area (Å²) in [5.74, 6) is 0. The number of benzene rings is 4. The van der Waals surface area contributed by atoms with Gasteiger partial charge in [0.25, 0.3) is 0 Å². The van der Waals surface area contributed by atoms with Gasteiger partial charge in [0.05, 0.1) is 3.42 Å². The molecule has 0 spiro atoms. The first-order chi connectivity index (χ1) is 11.1. The van der Waals surface area contributed by atoms with Crippen molar-refractivity contribution in [3.8, 4) is 0 Å². The zero-order valence-corrected chi connectivity index (χ0v) is 15.0. The third-order valence-electron chi connectivity index (χ3n) is 4.86. The molecule has 0 fully saturated rings. The fourth-order valence-corrected chi connectivity index (χ4v) is 4.43. The van der Waals surface area contributed by atoms with Crippen LogP contribution in [-0.4, -0.2) is 3.42 Å². The van der Waals surface area contributed by atoms with E-state index in [1.54, 1.807) is 0 Å². The highest BCUT2D eigenvalue weighted by Gasteiger charge is 2.18. The van der Waals surface area contributed by atoms with Crippen molar-refractivity contribution in [2.24, 2.45) is 0 Å². The summed E-state index contributed by atoms with van der Waals surface area (Å²) in [5, 5.41) is 9.51. The van der Waals surface area contributed by atoms with Crippen LogP contribution in [0.2, 0.25) is 0 Å². The minimum absolute atomic E-state index is 0.0390. The summed E-state index contributed by atoms with van der Waals surface area (Å²) < 4.78 is 0.0390. The average molecular weight is 406 g/mol. The van der Waals surface area contributed by atoms with E-state index in [1.807, 2.05) is 0 Å². The molecule has 1 unspecified atom stereocenters. The van der Waals surface area contributed by atoms with Crippen LogP contribution in [-0.2, 0) is 0 Å². The number of hydrogen-bond acceptors (Lipinski definition) is 0. The minimum Gasteiger partial charge on any atom is -0.0700 e. The maximum atomic E-state index is 2.52. The Kier molecular flexibility index (Phi) is 2.70. The fraction of sp³-hybridized carbons (Fsp3) is 0.0909. The van der Waals surface area contributed by atoms with E-state index in [2.05, 4.69) is 102 Å². The molecule has 23 heavy (non-hydrogen) atoms. The van der Waals surface area contributed by atoms with Gasteiger partial charge in [0.1, 0.15) is 0 Å². The van der Waals surface area contributed by atoms with Crippen molar-refractivity contribution in [3.63, 3.8) is 0 Å². The second-order valence-electron chi connectivity index (χ2n) is 6.52. The number of allylic oxidation sites excluding steroid dienone is 1. The quantitative estimate of drug-likeness (QED) is 0.148. The first-order valence-corrected chi connectivity index (χ1v) is 8.99. The van der Waals surface area contributed by atoms with Gasteiger partial charge in [0, 0.05) is 0 Å². The lowest BCUT2D eigenvalue weighted by atomic mass is 9.90. The van der Waals surface area contributed by atoms with Gasteiger partial charge in [-0.1, -0.05) is 95.4 Å². The van der Waals surface area contributed by atoms with Gasteiger partial charge in [0.15, 0.2) is 0 Å². The highest BCUT2D eigenvalue weighted by molar-refractivity contribution is 14.1. The third kappa shape index (κ3) is 1.89. The van der Waals surface area contributed by atoms with Gasteiger partial charge in [-0.25, -0.2) is 0 Å². The topological polar surface area (TPSA) is 0 Å². The van der Waals surface area contributed by atoms with Gasteiger partial charge < -0.3 is 0 Å². The van der Waals surface area contributed by atoms with Crippen LogP contribution in [0.1, 0.15) is 12.5 Å². The largest absolute Gasteiger partial charge is 0.0700 e. The Labute approximate surface area is 148 Å². The van der Waals surface area contributed by atoms with Gasteiger partial charge in [-0.05, 0) is 50.0 Å². The maximum absolute atomic E-state index is 2.52. The summed E-state index contributed by atoms with van der Waals surface area (Å²) in [5.41, 5.74) is 1.36. The minimum atomic E-state index is 0.0390. The number of halogens is 1. The van der Waals surface area contributed by atoms with E-state index in [9.17, 15) is 0 Å². The molecule has 110 valence electrons. The molecule has 4 aromatic rings. The molecule has 1 atom stereocenters. The van der Waals surface area contributed by atoms with Crippen LogP contribution in [0, 0.1) is 0 Å². The van der Waals surface area contributed by atoms with Crippen molar-refractivity contribution in [2.45, 2.75) is 10.3 Å². The van der Waals surface area contributed by atoms with Crippen LogP contribution in [0.5, 0.6) is 0 Å². The van der Waals surface area contributed by atoms with Crippen molar-refractivity contribution in [1.29, 1.82) is 0 Å². The van der Waals surface area contributed by atoms with Crippen LogP contribution >= 0.6 is 22.6 Å². The fourth-order valence-electron chi connectivity index (χ4n) is 3.91. The molecule has 1 aliphatic rings. The summed E-state index contributed by atoms with van der Waals surface area (Å²) in [7, 11) is 0. The summed E-state index contributed by atoms with van der Waals surface area (Å²) >= 11 is 2.52. The zero-order valence-electron chi connectivity index (χ0n) is 12.8. The van der Waals surface area contributed by atoms with E-state index in [1.165, 1.54) is 43.1 Å². The van der Waals surface area contributed by atoms with Crippen molar-refractivity contribution >= 4 is 67.1 Å². The maximum Gasteiger partial charge on any atom is 0.0564 e. The monoisotopic (exact) mass is 406 g/mol. The Morgan fingerprint density at radius 2 is 1.43 bits per heavy atom. The van der Waals surface area contributed by atoms with Crippen LogP contribution in [0.25, 0.3) is 44.5 Å². The lowest BCUT2D eigenvalue weighted by Crippen LogP contribution is -2.12. The lowest BCUT2D eigenvalue weighted by molar-refractivity contribution is 1.13. The van der Waals surface area contributed by atoms with E-state index in [-0.39, 0.29) is 3.42 Å². The predicted molar refractivity (Wildman–Crippen MR) is 110 cm³/mol. The molecule has 1 aliphatic carbocycles. The van der Waals surface area contributed by atoms with Gasteiger partial charge in [-0.15, -0.1) is 0 Å². The van der Waals surface area contributed by atoms with Crippen LogP contribution < -0.4 is 5.22 Å². The van der Waals surface area contributed by atoms with E-state index < -0.39 is 0 Å². The Morgan fingerprint density at radius 1 is 0.783 bits per heavy atom. The molecule has 0 saturated carbocycles. The molecular weight excluding hydrogens is 391 g/mol. The zero-order chi connectivity index (χ0) is 15.6. The van der Waals surface area contributed by atoms with E-state index >= 15 is 0 Å². The highest BCUT2D eigenvalue weighted by Crippen LogP contribution is 2.38. The highest BCUT2D eigenvalue weighted by atomic mass is 127. The molecule has 0 aliphatic heterocycles. The molecule has 0 nitrogen and oxygen atoms in total. The molecule has 0 heterocycles. The van der Waals surface area contributed by atoms with Crippen molar-refractivity contribution in [3.05, 3.63) is 71.5 Å². The third-order valence-corrected chi connectivity index (χ3v) is 5.54. The second kappa shape index (κ2) is 4.57. The van der Waals surface area contributed by atoms with Crippen LogP contribution in [0.4, 0.5) is 0 Å². The van der Waals surface area contributed by atoms with E-state index in [4.69, 9.17) is 0 Å². The number of alkyl halides is 1. The van der Waals surface area contributed by atoms with Gasteiger partial charge in [-0.2, -0.15) is 0 Å². The van der Waals surface area contributed by atoms with E-state index in [0.717, 1.165) is 0 Å². The van der Waals surface area contributed by atoms with E-state index in [0.29, 0.717) is 0 Å². The van der Waals surface area contributed by atoms with Gasteiger partial charge in [0.2, 0.25) is 0 Å². The van der Waals surface area contributed by atoms with Crippen LogP contribution in [0.3, 0.4) is 0 Å². The predicted octanol–water partition coefficient (Wildman–Crippen LogP) is 5.87. The lowest BCUT2D eigenvalue weighted by Gasteiger charge is -2.13. The molecule has 5 rings (SSSR count). The molecule has 0 N–H and O–H groups in total. The van der Waals surface area contributed by atoms with Crippen LogP contribution in [0.15, 0.2) is 60.7 Å². The first kappa shape index (κ1) is 13.6. The smallest absolute Gasteiger partial charge is 0.0564 e. The molecule has 1 heteroatoms.